The molecule has 0 saturated carbocycles. The molecule has 3 rings (SSSR count). The summed E-state index contributed by atoms with van der Waals surface area (Å²) in [7, 11) is -3.89. The zero-order valence-electron chi connectivity index (χ0n) is 17.7. The highest BCUT2D eigenvalue weighted by Crippen LogP contribution is 2.30. The maximum Gasteiger partial charge on any atom is 0.268 e. The Morgan fingerprint density at radius 3 is 2.19 bits per heavy atom. The van der Waals surface area contributed by atoms with Gasteiger partial charge in [0.1, 0.15) is 29.1 Å². The fourth-order valence-electron chi connectivity index (χ4n) is 3.22. The first kappa shape index (κ1) is 22.6. The molecule has 0 saturated heterocycles. The van der Waals surface area contributed by atoms with Crippen LogP contribution in [0, 0.1) is 22.7 Å². The van der Waals surface area contributed by atoms with E-state index in [1.165, 1.54) is 24.3 Å². The molecule has 0 bridgehead atoms. The second kappa shape index (κ2) is 8.22. The number of hydrogen-bond acceptors (Lipinski definition) is 6. The fourth-order valence-corrected chi connectivity index (χ4v) is 4.27. The largest absolute Gasteiger partial charge is 0.384 e. The average Bonchev–Trinajstić information content (AvgIpc) is 2.72. The summed E-state index contributed by atoms with van der Waals surface area (Å²) < 4.78 is 28.2. The first-order chi connectivity index (χ1) is 15.0. The van der Waals surface area contributed by atoms with Crippen molar-refractivity contribution in [2.75, 3.05) is 10.5 Å². The molecule has 0 amide bonds. The molecule has 4 N–H and O–H groups in total. The van der Waals surface area contributed by atoms with E-state index in [0.717, 1.165) is 5.56 Å². The second-order valence-electron chi connectivity index (χ2n) is 8.18. The van der Waals surface area contributed by atoms with Crippen LogP contribution in [0.25, 0.3) is 11.1 Å². The van der Waals surface area contributed by atoms with E-state index in [0.29, 0.717) is 5.56 Å². The highest BCUT2D eigenvalue weighted by molar-refractivity contribution is 7.92. The lowest BCUT2D eigenvalue weighted by Gasteiger charge is -2.19. The molecule has 1 heterocycles. The van der Waals surface area contributed by atoms with Gasteiger partial charge >= 0.3 is 0 Å². The normalized spacial score (nSPS) is 11.4. The van der Waals surface area contributed by atoms with Crippen LogP contribution in [0.15, 0.2) is 58.2 Å². The lowest BCUT2D eigenvalue weighted by molar-refractivity contribution is 0.587. The quantitative estimate of drug-likeness (QED) is 0.557. The monoisotopic (exact) mass is 447 g/mol. The van der Waals surface area contributed by atoms with Crippen LogP contribution in [0.5, 0.6) is 0 Å². The van der Waals surface area contributed by atoms with E-state index >= 15 is 0 Å². The van der Waals surface area contributed by atoms with Gasteiger partial charge in [0.05, 0.1) is 4.90 Å². The van der Waals surface area contributed by atoms with Gasteiger partial charge in [-0.05, 0) is 40.8 Å². The summed E-state index contributed by atoms with van der Waals surface area (Å²) in [5.74, 6) is -0.170. The van der Waals surface area contributed by atoms with E-state index < -0.39 is 15.6 Å². The van der Waals surface area contributed by atoms with Crippen LogP contribution in [0.4, 0.5) is 11.5 Å². The number of benzene rings is 2. The summed E-state index contributed by atoms with van der Waals surface area (Å²) in [4.78, 5) is 14.5. The third-order valence-electron chi connectivity index (χ3n) is 4.90. The molecular formula is C23H21N5O3S. The number of nitrogen functional groups attached to an aromatic ring is 1. The van der Waals surface area contributed by atoms with Crippen LogP contribution in [0.2, 0.25) is 0 Å². The summed E-state index contributed by atoms with van der Waals surface area (Å²) in [6.45, 7) is 6.10. The first-order valence-corrected chi connectivity index (χ1v) is 11.1. The summed E-state index contributed by atoms with van der Waals surface area (Å²) in [6, 6.07) is 16.4. The van der Waals surface area contributed by atoms with Gasteiger partial charge in [0.15, 0.2) is 0 Å². The lowest BCUT2D eigenvalue weighted by atomic mass is 9.87. The molecule has 8 nitrogen and oxygen atoms in total. The SMILES string of the molecule is CC(C)(C)c1ccc(S(=O)(=O)Nc2cccc(-c3c(C#N)c(N)[nH]c(=O)c3C#N)c2)cc1. The van der Waals surface area contributed by atoms with Crippen LogP contribution in [-0.4, -0.2) is 13.4 Å². The number of sulfonamides is 1. The summed E-state index contributed by atoms with van der Waals surface area (Å²) in [5.41, 5.74) is 6.11. The standard InChI is InChI=1S/C23H21N5O3S/c1-23(2,3)15-7-9-17(10-8-15)32(30,31)28-16-6-4-5-14(11-16)20-18(12-24)21(26)27-22(29)19(20)13-25/h4-11,28H,1-3H3,(H3,26,27,29). The Hall–Kier alpha value is -4.08. The highest BCUT2D eigenvalue weighted by atomic mass is 32.2. The van der Waals surface area contributed by atoms with Crippen LogP contribution >= 0.6 is 0 Å². The topological polar surface area (TPSA) is 153 Å². The van der Waals surface area contributed by atoms with Gasteiger partial charge in [-0.15, -0.1) is 0 Å². The lowest BCUT2D eigenvalue weighted by Crippen LogP contribution is -2.16. The molecule has 1 aromatic heterocycles. The third kappa shape index (κ3) is 4.34. The Kier molecular flexibility index (Phi) is 5.80. The average molecular weight is 448 g/mol. The molecule has 0 atom stereocenters. The zero-order valence-corrected chi connectivity index (χ0v) is 18.5. The van der Waals surface area contributed by atoms with Gasteiger partial charge in [0.25, 0.3) is 15.6 Å². The fraction of sp³-hybridized carbons (Fsp3) is 0.174. The maximum absolute atomic E-state index is 12.9. The van der Waals surface area contributed by atoms with Crippen molar-refractivity contribution in [1.29, 1.82) is 10.5 Å². The number of rotatable bonds is 4. The number of aromatic amines is 1. The van der Waals surface area contributed by atoms with Crippen molar-refractivity contribution in [2.45, 2.75) is 31.1 Å². The van der Waals surface area contributed by atoms with Gasteiger partial charge in [-0.25, -0.2) is 8.42 Å². The van der Waals surface area contributed by atoms with E-state index in [2.05, 4.69) is 9.71 Å². The van der Waals surface area contributed by atoms with Gasteiger partial charge in [0, 0.05) is 11.3 Å². The predicted molar refractivity (Wildman–Crippen MR) is 122 cm³/mol. The van der Waals surface area contributed by atoms with E-state index in [-0.39, 0.29) is 38.5 Å². The van der Waals surface area contributed by atoms with Gasteiger partial charge in [-0.1, -0.05) is 45.0 Å². The van der Waals surface area contributed by atoms with Crippen molar-refractivity contribution in [3.63, 3.8) is 0 Å². The van der Waals surface area contributed by atoms with Gasteiger partial charge in [-0.2, -0.15) is 10.5 Å². The Bertz CT molecular complexity index is 1440. The number of H-pyrrole nitrogens is 1. The number of nitrogens with zero attached hydrogens (tertiary/aromatic N) is 2. The minimum absolute atomic E-state index is 0.0480. The number of nitriles is 2. The molecule has 0 unspecified atom stereocenters. The number of hydrogen-bond donors (Lipinski definition) is 3. The Labute approximate surface area is 186 Å². The molecule has 3 aromatic rings. The number of nitrogens with two attached hydrogens (primary N) is 1. The predicted octanol–water partition coefficient (Wildman–Crippen LogP) is 3.47. The molecular weight excluding hydrogens is 426 g/mol. The highest BCUT2D eigenvalue weighted by Gasteiger charge is 2.20. The van der Waals surface area contributed by atoms with E-state index in [9.17, 15) is 23.7 Å². The molecule has 32 heavy (non-hydrogen) atoms. The number of anilines is 2. The summed E-state index contributed by atoms with van der Waals surface area (Å²) >= 11 is 0. The molecule has 0 radical (unpaired) electrons. The smallest absolute Gasteiger partial charge is 0.268 e. The summed E-state index contributed by atoms with van der Waals surface area (Å²) in [6.07, 6.45) is 0. The molecule has 0 aliphatic rings. The molecule has 0 fully saturated rings. The molecule has 2 aromatic carbocycles. The van der Waals surface area contributed by atoms with Crippen molar-refractivity contribution in [2.24, 2.45) is 0 Å². The van der Waals surface area contributed by atoms with E-state index in [1.807, 2.05) is 26.8 Å². The van der Waals surface area contributed by atoms with Crippen LogP contribution in [0.3, 0.4) is 0 Å². The molecule has 0 aliphatic carbocycles. The first-order valence-electron chi connectivity index (χ1n) is 9.57. The number of pyridine rings is 1. The minimum atomic E-state index is -3.89. The Morgan fingerprint density at radius 1 is 1.00 bits per heavy atom. The second-order valence-corrected chi connectivity index (χ2v) is 9.86. The van der Waals surface area contributed by atoms with Crippen LogP contribution < -0.4 is 16.0 Å². The van der Waals surface area contributed by atoms with Gasteiger partial charge in [0.2, 0.25) is 0 Å². The van der Waals surface area contributed by atoms with Crippen molar-refractivity contribution in [1.82, 2.24) is 4.98 Å². The van der Waals surface area contributed by atoms with E-state index in [1.54, 1.807) is 30.3 Å². The number of nitrogens with one attached hydrogen (secondary N) is 2. The molecule has 0 spiro atoms. The van der Waals surface area contributed by atoms with E-state index in [4.69, 9.17) is 5.73 Å². The van der Waals surface area contributed by atoms with Crippen LogP contribution in [-0.2, 0) is 15.4 Å². The van der Waals surface area contributed by atoms with Crippen molar-refractivity contribution in [3.8, 4) is 23.3 Å². The van der Waals surface area contributed by atoms with Crippen molar-refractivity contribution in [3.05, 3.63) is 75.6 Å². The van der Waals surface area contributed by atoms with Gasteiger partial charge in [-0.3, -0.25) is 9.52 Å². The Morgan fingerprint density at radius 2 is 1.62 bits per heavy atom. The van der Waals surface area contributed by atoms with Crippen molar-refractivity contribution < 1.29 is 8.42 Å². The maximum atomic E-state index is 12.9. The Balaban J connectivity index is 2.04. The number of aromatic nitrogens is 1. The van der Waals surface area contributed by atoms with Gasteiger partial charge < -0.3 is 10.7 Å². The van der Waals surface area contributed by atoms with Crippen LogP contribution in [0.1, 0.15) is 37.5 Å². The summed E-state index contributed by atoms with van der Waals surface area (Å²) in [5, 5.41) is 18.9. The minimum Gasteiger partial charge on any atom is -0.384 e. The zero-order chi connectivity index (χ0) is 23.7. The molecule has 0 aliphatic heterocycles. The molecule has 9 heteroatoms. The third-order valence-corrected chi connectivity index (χ3v) is 6.30. The van der Waals surface area contributed by atoms with Crippen molar-refractivity contribution >= 4 is 21.5 Å². The molecule has 162 valence electrons.